The third-order valence-electron chi connectivity index (χ3n) is 2.86. The van der Waals surface area contributed by atoms with Gasteiger partial charge in [-0.25, -0.2) is 4.68 Å². The summed E-state index contributed by atoms with van der Waals surface area (Å²) in [5.41, 5.74) is 1.41. The molecule has 5 nitrogen and oxygen atoms in total. The van der Waals surface area contributed by atoms with Crippen molar-refractivity contribution in [2.24, 2.45) is 0 Å². The maximum Gasteiger partial charge on any atom is 0.123 e. The SMILES string of the molecule is CCCn1nncc1C(O)c1cc(OC)ccc1Br. The highest BCUT2D eigenvalue weighted by Gasteiger charge is 2.19. The number of rotatable bonds is 5. The molecule has 0 saturated heterocycles. The van der Waals surface area contributed by atoms with Crippen molar-refractivity contribution >= 4 is 15.9 Å². The Hall–Kier alpha value is -1.40. The number of aliphatic hydroxyl groups is 1. The lowest BCUT2D eigenvalue weighted by molar-refractivity contribution is 0.206. The molecule has 0 fully saturated rings. The van der Waals surface area contributed by atoms with Gasteiger partial charge in [0.1, 0.15) is 11.9 Å². The Labute approximate surface area is 120 Å². The highest BCUT2D eigenvalue weighted by molar-refractivity contribution is 9.10. The molecule has 0 aliphatic heterocycles. The molecule has 0 saturated carbocycles. The van der Waals surface area contributed by atoms with Crippen LogP contribution in [-0.2, 0) is 6.54 Å². The molecule has 1 atom stereocenters. The molecule has 0 aliphatic carbocycles. The first-order chi connectivity index (χ1) is 9.17. The Morgan fingerprint density at radius 1 is 1.47 bits per heavy atom. The largest absolute Gasteiger partial charge is 0.497 e. The summed E-state index contributed by atoms with van der Waals surface area (Å²) < 4.78 is 7.73. The van der Waals surface area contributed by atoms with E-state index in [1.807, 2.05) is 12.1 Å². The first-order valence-electron chi connectivity index (χ1n) is 6.07. The van der Waals surface area contributed by atoms with Gasteiger partial charge in [0.05, 0.1) is 19.0 Å². The number of ether oxygens (including phenoxy) is 1. The van der Waals surface area contributed by atoms with Gasteiger partial charge in [0.2, 0.25) is 0 Å². The van der Waals surface area contributed by atoms with Crippen molar-refractivity contribution in [2.75, 3.05) is 7.11 Å². The van der Waals surface area contributed by atoms with Crippen LogP contribution in [0, 0.1) is 0 Å². The molecule has 1 heterocycles. The topological polar surface area (TPSA) is 60.2 Å². The lowest BCUT2D eigenvalue weighted by atomic mass is 10.1. The fourth-order valence-corrected chi connectivity index (χ4v) is 2.34. The molecule has 0 radical (unpaired) electrons. The molecule has 1 N–H and O–H groups in total. The van der Waals surface area contributed by atoms with Crippen LogP contribution < -0.4 is 4.74 Å². The summed E-state index contributed by atoms with van der Waals surface area (Å²) in [7, 11) is 1.60. The Balaban J connectivity index is 2.37. The highest BCUT2D eigenvalue weighted by Crippen LogP contribution is 2.31. The lowest BCUT2D eigenvalue weighted by Gasteiger charge is -2.15. The number of nitrogens with zero attached hydrogens (tertiary/aromatic N) is 3. The summed E-state index contributed by atoms with van der Waals surface area (Å²) in [6.45, 7) is 2.79. The van der Waals surface area contributed by atoms with E-state index < -0.39 is 6.10 Å². The van der Waals surface area contributed by atoms with Crippen molar-refractivity contribution < 1.29 is 9.84 Å². The standard InChI is InChI=1S/C13H16BrN3O2/c1-3-6-17-12(8-15-16-17)13(18)10-7-9(19-2)4-5-11(10)14/h4-5,7-8,13,18H,3,6H2,1-2H3. The van der Waals surface area contributed by atoms with Gasteiger partial charge in [-0.1, -0.05) is 28.1 Å². The van der Waals surface area contributed by atoms with Crippen LogP contribution in [0.1, 0.15) is 30.7 Å². The summed E-state index contributed by atoms with van der Waals surface area (Å²) in [6.07, 6.45) is 1.74. The number of halogens is 1. The minimum absolute atomic E-state index is 0.677. The molecule has 1 aromatic heterocycles. The zero-order chi connectivity index (χ0) is 13.8. The summed E-state index contributed by atoms with van der Waals surface area (Å²) in [5, 5.41) is 18.4. The zero-order valence-corrected chi connectivity index (χ0v) is 12.5. The molecule has 0 bridgehead atoms. The second kappa shape index (κ2) is 6.16. The number of aliphatic hydroxyl groups excluding tert-OH is 1. The molecule has 0 spiro atoms. The van der Waals surface area contributed by atoms with Gasteiger partial charge in [0.25, 0.3) is 0 Å². The van der Waals surface area contributed by atoms with Gasteiger partial charge in [-0.2, -0.15) is 0 Å². The molecule has 19 heavy (non-hydrogen) atoms. The molecule has 2 aromatic rings. The van der Waals surface area contributed by atoms with E-state index in [1.54, 1.807) is 24.1 Å². The molecule has 0 amide bonds. The van der Waals surface area contributed by atoms with Gasteiger partial charge >= 0.3 is 0 Å². The molecule has 1 unspecified atom stereocenters. The highest BCUT2D eigenvalue weighted by atomic mass is 79.9. The number of methoxy groups -OCH3 is 1. The van der Waals surface area contributed by atoms with Crippen LogP contribution in [0.2, 0.25) is 0 Å². The van der Waals surface area contributed by atoms with Crippen molar-refractivity contribution in [3.8, 4) is 5.75 Å². The van der Waals surface area contributed by atoms with Gasteiger partial charge in [-0.05, 0) is 24.6 Å². The fraction of sp³-hybridized carbons (Fsp3) is 0.385. The number of hydrogen-bond donors (Lipinski definition) is 1. The van der Waals surface area contributed by atoms with Gasteiger partial charge in [0.15, 0.2) is 0 Å². The second-order valence-electron chi connectivity index (χ2n) is 4.17. The average molecular weight is 326 g/mol. The van der Waals surface area contributed by atoms with Crippen molar-refractivity contribution in [3.05, 3.63) is 40.1 Å². The third-order valence-corrected chi connectivity index (χ3v) is 3.58. The fourth-order valence-electron chi connectivity index (χ4n) is 1.88. The van der Waals surface area contributed by atoms with Crippen LogP contribution in [-0.4, -0.2) is 27.2 Å². The predicted molar refractivity (Wildman–Crippen MR) is 75.1 cm³/mol. The smallest absolute Gasteiger partial charge is 0.123 e. The van der Waals surface area contributed by atoms with E-state index in [4.69, 9.17) is 4.74 Å². The van der Waals surface area contributed by atoms with Gasteiger partial charge in [0, 0.05) is 16.6 Å². The van der Waals surface area contributed by atoms with Crippen LogP contribution in [0.5, 0.6) is 5.75 Å². The number of aromatic nitrogens is 3. The molecule has 2 rings (SSSR count). The Kier molecular flexibility index (Phi) is 4.55. The average Bonchev–Trinajstić information content (AvgIpc) is 2.87. The van der Waals surface area contributed by atoms with Crippen molar-refractivity contribution in [2.45, 2.75) is 26.0 Å². The molecular weight excluding hydrogens is 310 g/mol. The molecule has 6 heteroatoms. The van der Waals surface area contributed by atoms with Crippen molar-refractivity contribution in [1.82, 2.24) is 15.0 Å². The maximum absolute atomic E-state index is 10.5. The number of benzene rings is 1. The monoisotopic (exact) mass is 325 g/mol. The van der Waals surface area contributed by atoms with E-state index in [0.717, 1.165) is 23.0 Å². The van der Waals surface area contributed by atoms with Crippen LogP contribution >= 0.6 is 15.9 Å². The second-order valence-corrected chi connectivity index (χ2v) is 5.03. The van der Waals surface area contributed by atoms with Gasteiger partial charge < -0.3 is 9.84 Å². The summed E-state index contributed by atoms with van der Waals surface area (Å²) in [5.74, 6) is 0.701. The van der Waals surface area contributed by atoms with Crippen LogP contribution in [0.3, 0.4) is 0 Å². The number of aryl methyl sites for hydroxylation is 1. The Morgan fingerprint density at radius 2 is 2.26 bits per heavy atom. The first kappa shape index (κ1) is 14.0. The first-order valence-corrected chi connectivity index (χ1v) is 6.86. The Morgan fingerprint density at radius 3 is 2.95 bits per heavy atom. The zero-order valence-electron chi connectivity index (χ0n) is 10.9. The summed E-state index contributed by atoms with van der Waals surface area (Å²) >= 11 is 3.44. The van der Waals surface area contributed by atoms with E-state index in [9.17, 15) is 5.11 Å². The minimum Gasteiger partial charge on any atom is -0.497 e. The minimum atomic E-state index is -0.786. The van der Waals surface area contributed by atoms with Crippen LogP contribution in [0.4, 0.5) is 0 Å². The van der Waals surface area contributed by atoms with E-state index in [1.165, 1.54) is 0 Å². The molecule has 0 aliphatic rings. The third kappa shape index (κ3) is 2.96. The quantitative estimate of drug-likeness (QED) is 0.917. The van der Waals surface area contributed by atoms with E-state index in [2.05, 4.69) is 33.2 Å². The number of hydrogen-bond acceptors (Lipinski definition) is 4. The summed E-state index contributed by atoms with van der Waals surface area (Å²) in [4.78, 5) is 0. The summed E-state index contributed by atoms with van der Waals surface area (Å²) in [6, 6.07) is 5.49. The van der Waals surface area contributed by atoms with E-state index in [0.29, 0.717) is 11.4 Å². The van der Waals surface area contributed by atoms with Crippen molar-refractivity contribution in [1.29, 1.82) is 0 Å². The van der Waals surface area contributed by atoms with Crippen LogP contribution in [0.25, 0.3) is 0 Å². The lowest BCUT2D eigenvalue weighted by Crippen LogP contribution is -2.10. The normalized spacial score (nSPS) is 12.4. The van der Waals surface area contributed by atoms with E-state index in [-0.39, 0.29) is 0 Å². The molecule has 102 valence electrons. The van der Waals surface area contributed by atoms with Crippen molar-refractivity contribution in [3.63, 3.8) is 0 Å². The van der Waals surface area contributed by atoms with E-state index >= 15 is 0 Å². The van der Waals surface area contributed by atoms with Gasteiger partial charge in [-0.15, -0.1) is 5.10 Å². The molecular formula is C13H16BrN3O2. The van der Waals surface area contributed by atoms with Crippen LogP contribution in [0.15, 0.2) is 28.9 Å². The van der Waals surface area contributed by atoms with Gasteiger partial charge in [-0.3, -0.25) is 0 Å². The maximum atomic E-state index is 10.5. The Bertz CT molecular complexity index is 557. The molecule has 1 aromatic carbocycles. The predicted octanol–water partition coefficient (Wildman–Crippen LogP) is 2.54.